The Morgan fingerprint density at radius 3 is 2.13 bits per heavy atom. The van der Waals surface area contributed by atoms with E-state index < -0.39 is 11.7 Å². The molecule has 1 amide bonds. The minimum atomic E-state index is -0.495. The van der Waals surface area contributed by atoms with Crippen molar-refractivity contribution in [2.75, 3.05) is 13.1 Å². The number of hydrogen-bond donors (Lipinski definition) is 2. The SMILES string of the molecule is CC(C)C(C)(CNC(=O)OC(C)(C)C)NCC(C)(C)CCC#N. The van der Waals surface area contributed by atoms with Crippen LogP contribution in [0, 0.1) is 22.7 Å². The van der Waals surface area contributed by atoms with Crippen molar-refractivity contribution >= 4 is 6.09 Å². The maximum atomic E-state index is 11.9. The molecule has 0 rings (SSSR count). The second-order valence-corrected chi connectivity index (χ2v) is 8.60. The van der Waals surface area contributed by atoms with E-state index in [2.05, 4.69) is 51.3 Å². The molecule has 0 radical (unpaired) electrons. The largest absolute Gasteiger partial charge is 0.444 e. The van der Waals surface area contributed by atoms with E-state index in [1.165, 1.54) is 0 Å². The Hall–Kier alpha value is -1.28. The highest BCUT2D eigenvalue weighted by molar-refractivity contribution is 5.67. The molecule has 0 aliphatic carbocycles. The number of nitrogens with zero attached hydrogens (tertiary/aromatic N) is 1. The van der Waals surface area contributed by atoms with E-state index in [4.69, 9.17) is 10.00 Å². The van der Waals surface area contributed by atoms with Gasteiger partial charge in [-0.25, -0.2) is 4.79 Å². The molecule has 5 heteroatoms. The lowest BCUT2D eigenvalue weighted by molar-refractivity contribution is 0.0500. The molecule has 0 aliphatic heterocycles. The fourth-order valence-corrected chi connectivity index (χ4v) is 1.96. The Kier molecular flexibility index (Phi) is 8.06. The molecule has 5 nitrogen and oxygen atoms in total. The molecule has 0 spiro atoms. The Labute approximate surface area is 142 Å². The molecule has 134 valence electrons. The van der Waals surface area contributed by atoms with Gasteiger partial charge in [0.2, 0.25) is 0 Å². The summed E-state index contributed by atoms with van der Waals surface area (Å²) in [6, 6.07) is 2.20. The van der Waals surface area contributed by atoms with Crippen LogP contribution in [0.1, 0.15) is 68.2 Å². The molecule has 0 saturated heterocycles. The van der Waals surface area contributed by atoms with Gasteiger partial charge >= 0.3 is 6.09 Å². The van der Waals surface area contributed by atoms with Crippen molar-refractivity contribution < 1.29 is 9.53 Å². The zero-order valence-electron chi connectivity index (χ0n) is 16.2. The Balaban J connectivity index is 4.63. The van der Waals surface area contributed by atoms with Gasteiger partial charge in [0.1, 0.15) is 5.60 Å². The molecule has 0 aromatic heterocycles. The van der Waals surface area contributed by atoms with Crippen LogP contribution in [0.15, 0.2) is 0 Å². The fraction of sp³-hybridized carbons (Fsp3) is 0.889. The minimum Gasteiger partial charge on any atom is -0.444 e. The van der Waals surface area contributed by atoms with Crippen molar-refractivity contribution in [3.63, 3.8) is 0 Å². The first-order valence-electron chi connectivity index (χ1n) is 8.40. The molecular weight excluding hydrogens is 290 g/mol. The lowest BCUT2D eigenvalue weighted by atomic mass is 9.83. The van der Waals surface area contributed by atoms with Gasteiger partial charge in [0.15, 0.2) is 0 Å². The highest BCUT2D eigenvalue weighted by Crippen LogP contribution is 2.24. The topological polar surface area (TPSA) is 74.2 Å². The van der Waals surface area contributed by atoms with Crippen LogP contribution in [-0.4, -0.2) is 30.3 Å². The molecule has 0 aromatic carbocycles. The van der Waals surface area contributed by atoms with Crippen LogP contribution in [0.2, 0.25) is 0 Å². The summed E-state index contributed by atoms with van der Waals surface area (Å²) < 4.78 is 5.30. The number of nitriles is 1. The van der Waals surface area contributed by atoms with Gasteiger partial charge in [0.25, 0.3) is 0 Å². The van der Waals surface area contributed by atoms with Crippen molar-refractivity contribution in [3.05, 3.63) is 0 Å². The van der Waals surface area contributed by atoms with E-state index in [9.17, 15) is 4.79 Å². The summed E-state index contributed by atoms with van der Waals surface area (Å²) in [7, 11) is 0. The number of hydrogen-bond acceptors (Lipinski definition) is 4. The van der Waals surface area contributed by atoms with Gasteiger partial charge in [-0.05, 0) is 45.4 Å². The lowest BCUT2D eigenvalue weighted by Gasteiger charge is -2.38. The van der Waals surface area contributed by atoms with Crippen molar-refractivity contribution in [3.8, 4) is 6.07 Å². The molecular formula is C18H35N3O2. The van der Waals surface area contributed by atoms with Gasteiger partial charge < -0.3 is 15.4 Å². The van der Waals surface area contributed by atoms with Crippen LogP contribution in [0.5, 0.6) is 0 Å². The second kappa shape index (κ2) is 8.54. The Bertz CT molecular complexity index is 419. The molecule has 0 aromatic rings. The van der Waals surface area contributed by atoms with Crippen LogP contribution < -0.4 is 10.6 Å². The smallest absolute Gasteiger partial charge is 0.407 e. The first kappa shape index (κ1) is 21.7. The fourth-order valence-electron chi connectivity index (χ4n) is 1.96. The molecule has 0 saturated carbocycles. The Morgan fingerprint density at radius 2 is 1.70 bits per heavy atom. The van der Waals surface area contributed by atoms with Crippen LogP contribution in [0.4, 0.5) is 4.79 Å². The molecule has 23 heavy (non-hydrogen) atoms. The second-order valence-electron chi connectivity index (χ2n) is 8.60. The molecule has 0 aliphatic rings. The van der Waals surface area contributed by atoms with Crippen LogP contribution in [-0.2, 0) is 4.74 Å². The normalized spacial score (nSPS) is 15.0. The molecule has 1 atom stereocenters. The highest BCUT2D eigenvalue weighted by atomic mass is 16.6. The summed E-state index contributed by atoms with van der Waals surface area (Å²) >= 11 is 0. The summed E-state index contributed by atoms with van der Waals surface area (Å²) in [6.45, 7) is 17.5. The number of nitrogens with one attached hydrogen (secondary N) is 2. The van der Waals surface area contributed by atoms with Crippen molar-refractivity contribution in [2.45, 2.75) is 79.4 Å². The lowest BCUT2D eigenvalue weighted by Crippen LogP contribution is -2.57. The van der Waals surface area contributed by atoms with Crippen LogP contribution in [0.25, 0.3) is 0 Å². The summed E-state index contributed by atoms with van der Waals surface area (Å²) in [5, 5.41) is 15.2. The van der Waals surface area contributed by atoms with Crippen molar-refractivity contribution in [1.82, 2.24) is 10.6 Å². The van der Waals surface area contributed by atoms with Gasteiger partial charge in [-0.2, -0.15) is 5.26 Å². The summed E-state index contributed by atoms with van der Waals surface area (Å²) in [5.41, 5.74) is -0.691. The number of carbonyl (C=O) groups is 1. The number of amides is 1. The standard InChI is InChI=1S/C18H35N3O2/c1-14(2)18(8,13-20-15(22)23-16(3,4)5)21-12-17(6,7)10-9-11-19/h14,21H,9-10,12-13H2,1-8H3,(H,20,22). The number of rotatable bonds is 8. The van der Waals surface area contributed by atoms with Gasteiger partial charge in [0, 0.05) is 25.0 Å². The van der Waals surface area contributed by atoms with E-state index in [0.29, 0.717) is 18.9 Å². The van der Waals surface area contributed by atoms with Gasteiger partial charge in [0.05, 0.1) is 6.07 Å². The Morgan fingerprint density at radius 1 is 1.13 bits per heavy atom. The van der Waals surface area contributed by atoms with Crippen LogP contribution in [0.3, 0.4) is 0 Å². The predicted octanol–water partition coefficient (Wildman–Crippen LogP) is 3.85. The molecule has 1 unspecified atom stereocenters. The third-order valence-electron chi connectivity index (χ3n) is 4.16. The summed E-state index contributed by atoms with van der Waals surface area (Å²) in [5.74, 6) is 0.337. The highest BCUT2D eigenvalue weighted by Gasteiger charge is 2.31. The maximum Gasteiger partial charge on any atom is 0.407 e. The van der Waals surface area contributed by atoms with Gasteiger partial charge in [-0.3, -0.25) is 0 Å². The van der Waals surface area contributed by atoms with E-state index in [0.717, 1.165) is 13.0 Å². The number of carbonyl (C=O) groups excluding carboxylic acids is 1. The number of ether oxygens (including phenoxy) is 1. The minimum absolute atomic E-state index is 0.0395. The van der Waals surface area contributed by atoms with Crippen molar-refractivity contribution in [1.29, 1.82) is 5.26 Å². The predicted molar refractivity (Wildman–Crippen MR) is 94.1 cm³/mol. The zero-order valence-corrected chi connectivity index (χ0v) is 16.2. The first-order chi connectivity index (χ1) is 10.3. The monoisotopic (exact) mass is 325 g/mol. The summed E-state index contributed by atoms with van der Waals surface area (Å²) in [6.07, 6.45) is 1.02. The quantitative estimate of drug-likeness (QED) is 0.711. The molecule has 0 fully saturated rings. The van der Waals surface area contributed by atoms with Gasteiger partial charge in [-0.1, -0.05) is 27.7 Å². The third-order valence-corrected chi connectivity index (χ3v) is 4.16. The average molecular weight is 325 g/mol. The molecule has 2 N–H and O–H groups in total. The number of alkyl carbamates (subject to hydrolysis) is 1. The third kappa shape index (κ3) is 9.45. The van der Waals surface area contributed by atoms with E-state index >= 15 is 0 Å². The molecule has 0 heterocycles. The van der Waals surface area contributed by atoms with Gasteiger partial charge in [-0.15, -0.1) is 0 Å². The first-order valence-corrected chi connectivity index (χ1v) is 8.40. The maximum absolute atomic E-state index is 11.9. The van der Waals surface area contributed by atoms with E-state index in [1.54, 1.807) is 0 Å². The van der Waals surface area contributed by atoms with Crippen LogP contribution >= 0.6 is 0 Å². The molecule has 0 bridgehead atoms. The summed E-state index contributed by atoms with van der Waals surface area (Å²) in [4.78, 5) is 11.9. The van der Waals surface area contributed by atoms with E-state index in [1.807, 2.05) is 20.8 Å². The average Bonchev–Trinajstić information content (AvgIpc) is 2.39. The van der Waals surface area contributed by atoms with E-state index in [-0.39, 0.29) is 11.0 Å². The van der Waals surface area contributed by atoms with Crippen molar-refractivity contribution in [2.24, 2.45) is 11.3 Å². The zero-order chi connectivity index (χ0) is 18.3.